The Balaban J connectivity index is 1.48. The Kier molecular flexibility index (Phi) is 4.93. The predicted molar refractivity (Wildman–Crippen MR) is 96.8 cm³/mol. The standard InChI is InChI=1S/C19H22N2O4S/c22-18(23)19(21-25-19)17(9-13-3-1-2-4-13)14-5-7-16(8-6-14)24-10-15-11-26-12-20-15/h5-8,11-13,17,21H,1-4,9-10H2,(H,22,23). The number of carboxylic acids is 1. The Morgan fingerprint density at radius 3 is 2.69 bits per heavy atom. The molecule has 4 rings (SSSR count). The maximum absolute atomic E-state index is 11.8. The van der Waals surface area contributed by atoms with Gasteiger partial charge in [-0.2, -0.15) is 5.48 Å². The van der Waals surface area contributed by atoms with Crippen LogP contribution < -0.4 is 10.2 Å². The van der Waals surface area contributed by atoms with E-state index < -0.39 is 11.7 Å². The van der Waals surface area contributed by atoms with Crippen LogP contribution in [0.15, 0.2) is 35.2 Å². The fourth-order valence-electron chi connectivity index (χ4n) is 3.81. The van der Waals surface area contributed by atoms with Crippen LogP contribution in [0.25, 0.3) is 0 Å². The third kappa shape index (κ3) is 3.60. The van der Waals surface area contributed by atoms with Crippen molar-refractivity contribution in [3.63, 3.8) is 0 Å². The van der Waals surface area contributed by atoms with E-state index >= 15 is 0 Å². The molecule has 2 atom stereocenters. The van der Waals surface area contributed by atoms with E-state index in [-0.39, 0.29) is 5.92 Å². The molecular formula is C19H22N2O4S. The van der Waals surface area contributed by atoms with Crippen LogP contribution in [0.2, 0.25) is 0 Å². The summed E-state index contributed by atoms with van der Waals surface area (Å²) in [7, 11) is 0. The van der Waals surface area contributed by atoms with Crippen LogP contribution in [-0.2, 0) is 16.2 Å². The molecule has 138 valence electrons. The van der Waals surface area contributed by atoms with Crippen molar-refractivity contribution in [2.45, 2.75) is 50.4 Å². The van der Waals surface area contributed by atoms with Crippen molar-refractivity contribution < 1.29 is 19.5 Å². The number of hydrogen-bond acceptors (Lipinski definition) is 6. The van der Waals surface area contributed by atoms with Crippen molar-refractivity contribution in [1.29, 1.82) is 0 Å². The minimum atomic E-state index is -1.29. The highest BCUT2D eigenvalue weighted by atomic mass is 32.1. The molecule has 2 fully saturated rings. The number of hydroxylamine groups is 1. The number of thiazole rings is 1. The summed E-state index contributed by atoms with van der Waals surface area (Å²) in [4.78, 5) is 21.2. The number of carboxylic acid groups (broad SMARTS) is 1. The lowest BCUT2D eigenvalue weighted by atomic mass is 9.82. The molecule has 1 aliphatic carbocycles. The van der Waals surface area contributed by atoms with Crippen LogP contribution >= 0.6 is 11.3 Å². The summed E-state index contributed by atoms with van der Waals surface area (Å²) >= 11 is 1.54. The Morgan fingerprint density at radius 2 is 2.12 bits per heavy atom. The lowest BCUT2D eigenvalue weighted by molar-refractivity contribution is -0.144. The zero-order valence-corrected chi connectivity index (χ0v) is 15.2. The van der Waals surface area contributed by atoms with Crippen LogP contribution in [0, 0.1) is 5.92 Å². The third-order valence-electron chi connectivity index (χ3n) is 5.33. The van der Waals surface area contributed by atoms with Gasteiger partial charge in [0.05, 0.1) is 11.2 Å². The summed E-state index contributed by atoms with van der Waals surface area (Å²) in [5.41, 5.74) is 5.00. The van der Waals surface area contributed by atoms with Crippen LogP contribution in [0.3, 0.4) is 0 Å². The fraction of sp³-hybridized carbons (Fsp3) is 0.474. The summed E-state index contributed by atoms with van der Waals surface area (Å²) < 4.78 is 5.75. The molecule has 2 heterocycles. The number of aliphatic carboxylic acids is 1. The van der Waals surface area contributed by atoms with Gasteiger partial charge in [0.2, 0.25) is 0 Å². The minimum Gasteiger partial charge on any atom is -0.487 e. The van der Waals surface area contributed by atoms with Crippen LogP contribution in [0.5, 0.6) is 5.75 Å². The average Bonchev–Trinajstić information content (AvgIpc) is 3.06. The second kappa shape index (κ2) is 7.34. The minimum absolute atomic E-state index is 0.212. The van der Waals surface area contributed by atoms with Crippen LogP contribution in [0.4, 0.5) is 0 Å². The highest BCUT2D eigenvalue weighted by molar-refractivity contribution is 7.07. The van der Waals surface area contributed by atoms with Gasteiger partial charge in [0, 0.05) is 11.3 Å². The number of aromatic nitrogens is 1. The van der Waals surface area contributed by atoms with Gasteiger partial charge in [-0.25, -0.2) is 9.78 Å². The molecule has 0 amide bonds. The number of nitrogens with one attached hydrogen (secondary N) is 1. The van der Waals surface area contributed by atoms with E-state index in [0.717, 1.165) is 23.4 Å². The number of benzene rings is 1. The maximum atomic E-state index is 11.8. The van der Waals surface area contributed by atoms with E-state index in [1.54, 1.807) is 16.8 Å². The van der Waals surface area contributed by atoms with Gasteiger partial charge >= 0.3 is 5.97 Å². The molecule has 6 nitrogen and oxygen atoms in total. The van der Waals surface area contributed by atoms with Gasteiger partial charge < -0.3 is 9.84 Å². The molecule has 0 bridgehead atoms. The Bertz CT molecular complexity index is 737. The molecule has 2 aromatic rings. The van der Waals surface area contributed by atoms with Crippen molar-refractivity contribution >= 4 is 17.3 Å². The molecule has 2 aliphatic rings. The molecule has 2 N–H and O–H groups in total. The van der Waals surface area contributed by atoms with Gasteiger partial charge in [-0.1, -0.05) is 37.8 Å². The second-order valence-corrected chi connectivity index (χ2v) is 7.74. The smallest absolute Gasteiger partial charge is 0.356 e. The summed E-state index contributed by atoms with van der Waals surface area (Å²) in [5.74, 6) is 0.137. The second-order valence-electron chi connectivity index (χ2n) is 7.02. The van der Waals surface area contributed by atoms with Gasteiger partial charge in [-0.3, -0.25) is 4.84 Å². The van der Waals surface area contributed by atoms with E-state index in [9.17, 15) is 9.90 Å². The molecule has 1 aliphatic heterocycles. The first kappa shape index (κ1) is 17.5. The van der Waals surface area contributed by atoms with Crippen molar-refractivity contribution in [3.8, 4) is 5.75 Å². The molecule has 1 saturated heterocycles. The number of nitrogens with zero attached hydrogens (tertiary/aromatic N) is 1. The third-order valence-corrected chi connectivity index (χ3v) is 5.96. The summed E-state index contributed by atoms with van der Waals surface area (Å²) in [6, 6.07) is 7.68. The van der Waals surface area contributed by atoms with Crippen LogP contribution in [-0.4, -0.2) is 21.8 Å². The number of ether oxygens (including phenoxy) is 1. The quantitative estimate of drug-likeness (QED) is 0.684. The lowest BCUT2D eigenvalue weighted by Gasteiger charge is -2.23. The zero-order valence-electron chi connectivity index (χ0n) is 14.4. The number of carbonyl (C=O) groups is 1. The molecule has 1 aromatic heterocycles. The van der Waals surface area contributed by atoms with Crippen molar-refractivity contribution in [2.75, 3.05) is 0 Å². The summed E-state index contributed by atoms with van der Waals surface area (Å²) in [5, 5.41) is 11.6. The highest BCUT2D eigenvalue weighted by Crippen LogP contribution is 2.44. The molecule has 1 aromatic carbocycles. The first-order valence-electron chi connectivity index (χ1n) is 8.96. The van der Waals surface area contributed by atoms with E-state index in [2.05, 4.69) is 10.5 Å². The molecule has 0 spiro atoms. The predicted octanol–water partition coefficient (Wildman–Crippen LogP) is 3.70. The van der Waals surface area contributed by atoms with Gasteiger partial charge in [0.25, 0.3) is 5.72 Å². The largest absolute Gasteiger partial charge is 0.487 e. The molecular weight excluding hydrogens is 352 g/mol. The fourth-order valence-corrected chi connectivity index (χ4v) is 4.36. The lowest BCUT2D eigenvalue weighted by Crippen LogP contribution is -2.35. The van der Waals surface area contributed by atoms with Crippen molar-refractivity contribution in [2.24, 2.45) is 5.92 Å². The monoisotopic (exact) mass is 374 g/mol. The summed E-state index contributed by atoms with van der Waals surface area (Å²) in [6.45, 7) is 0.429. The van der Waals surface area contributed by atoms with Crippen molar-refractivity contribution in [3.05, 3.63) is 46.4 Å². The van der Waals surface area contributed by atoms with E-state index in [1.165, 1.54) is 25.7 Å². The highest BCUT2D eigenvalue weighted by Gasteiger charge is 2.60. The SMILES string of the molecule is O=C(O)C1(C(CC2CCCC2)c2ccc(OCc3cscn3)cc2)NO1. The maximum Gasteiger partial charge on any atom is 0.356 e. The van der Waals surface area contributed by atoms with E-state index in [1.807, 2.05) is 29.6 Å². The van der Waals surface area contributed by atoms with Gasteiger partial charge in [-0.15, -0.1) is 11.3 Å². The average molecular weight is 374 g/mol. The van der Waals surface area contributed by atoms with Crippen LogP contribution in [0.1, 0.15) is 49.3 Å². The Hall–Kier alpha value is -1.96. The van der Waals surface area contributed by atoms with Gasteiger partial charge in [-0.05, 0) is 30.0 Å². The first-order chi connectivity index (χ1) is 12.7. The molecule has 0 radical (unpaired) electrons. The van der Waals surface area contributed by atoms with E-state index in [0.29, 0.717) is 12.5 Å². The van der Waals surface area contributed by atoms with Gasteiger partial charge in [0.15, 0.2) is 0 Å². The topological polar surface area (TPSA) is 93.9 Å². The molecule has 1 saturated carbocycles. The van der Waals surface area contributed by atoms with E-state index in [4.69, 9.17) is 9.57 Å². The Morgan fingerprint density at radius 1 is 1.38 bits per heavy atom. The normalized spacial score (nSPS) is 23.7. The number of rotatable bonds is 8. The molecule has 7 heteroatoms. The molecule has 26 heavy (non-hydrogen) atoms. The molecule has 2 unspecified atom stereocenters. The zero-order chi connectivity index (χ0) is 18.0. The first-order valence-corrected chi connectivity index (χ1v) is 9.90. The Labute approximate surface area is 156 Å². The summed E-state index contributed by atoms with van der Waals surface area (Å²) in [6.07, 6.45) is 5.62. The number of hydrogen-bond donors (Lipinski definition) is 2. The van der Waals surface area contributed by atoms with Gasteiger partial charge in [0.1, 0.15) is 12.4 Å². The van der Waals surface area contributed by atoms with Crippen molar-refractivity contribution in [1.82, 2.24) is 10.5 Å².